The van der Waals surface area contributed by atoms with Crippen LogP contribution in [0.1, 0.15) is 86.5 Å². The molecule has 0 aliphatic heterocycles. The third-order valence-corrected chi connectivity index (χ3v) is 5.65. The Morgan fingerprint density at radius 3 is 2.00 bits per heavy atom. The first-order valence-corrected chi connectivity index (χ1v) is 9.88. The number of hydrogen-bond donors (Lipinski definition) is 2. The largest absolute Gasteiger partial charge is 0.352 e. The molecule has 1 rings (SSSR count). The monoisotopic (exact) mass is 366 g/mol. The quantitative estimate of drug-likeness (QED) is 0.472. The molecule has 0 radical (unpaired) electrons. The summed E-state index contributed by atoms with van der Waals surface area (Å²) in [6.07, 6.45) is 4.89. The molecule has 1 aliphatic carbocycles. The molecule has 0 spiro atoms. The Kier molecular flexibility index (Phi) is 7.43. The van der Waals surface area contributed by atoms with Gasteiger partial charge in [0.25, 0.3) is 0 Å². The maximum Gasteiger partial charge on any atom is 0.312 e. The molecule has 150 valence electrons. The molecule has 0 aromatic rings. The van der Waals surface area contributed by atoms with Gasteiger partial charge in [0.05, 0.1) is 5.41 Å². The normalized spacial score (nSPS) is 17.9. The van der Waals surface area contributed by atoms with Gasteiger partial charge in [-0.25, -0.2) is 4.79 Å². The highest BCUT2D eigenvalue weighted by molar-refractivity contribution is 6.08. The summed E-state index contributed by atoms with van der Waals surface area (Å²) >= 11 is 0. The van der Waals surface area contributed by atoms with E-state index >= 15 is 0 Å². The van der Waals surface area contributed by atoms with Gasteiger partial charge in [-0.2, -0.15) is 0 Å². The van der Waals surface area contributed by atoms with E-state index in [4.69, 9.17) is 5.73 Å². The van der Waals surface area contributed by atoms with Crippen LogP contribution in [-0.2, 0) is 9.59 Å². The topological polar surface area (TPSA) is 89.3 Å². The lowest BCUT2D eigenvalue weighted by Crippen LogP contribution is -2.47. The van der Waals surface area contributed by atoms with Crippen molar-refractivity contribution in [2.75, 3.05) is 6.54 Å². The van der Waals surface area contributed by atoms with Crippen molar-refractivity contribution in [3.8, 4) is 0 Å². The molecule has 1 atom stereocenters. The lowest BCUT2D eigenvalue weighted by molar-refractivity contribution is -0.149. The summed E-state index contributed by atoms with van der Waals surface area (Å²) < 4.78 is 0. The third-order valence-electron chi connectivity index (χ3n) is 5.65. The number of Topliss-reactive ketones (excluding diaryl/α,β-unsaturated/α-hetero) is 2. The van der Waals surface area contributed by atoms with Crippen molar-refractivity contribution in [1.29, 1.82) is 0 Å². The number of primary amides is 1. The lowest BCUT2D eigenvalue weighted by atomic mass is 9.59. The average molecular weight is 367 g/mol. The molecule has 5 heteroatoms. The Hall–Kier alpha value is -1.39. The molecule has 5 nitrogen and oxygen atoms in total. The number of nitrogens with one attached hydrogen (secondary N) is 1. The number of rotatable bonds is 9. The predicted octanol–water partition coefficient (Wildman–Crippen LogP) is 4.23. The van der Waals surface area contributed by atoms with Crippen molar-refractivity contribution in [1.82, 2.24) is 5.32 Å². The van der Waals surface area contributed by atoms with Crippen LogP contribution in [0.4, 0.5) is 4.79 Å². The minimum Gasteiger partial charge on any atom is -0.352 e. The van der Waals surface area contributed by atoms with Gasteiger partial charge in [0.2, 0.25) is 0 Å². The zero-order chi connectivity index (χ0) is 20.2. The van der Waals surface area contributed by atoms with Gasteiger partial charge in [-0.1, -0.05) is 48.0 Å². The van der Waals surface area contributed by atoms with E-state index in [0.29, 0.717) is 32.2 Å². The Morgan fingerprint density at radius 2 is 1.62 bits per heavy atom. The first-order valence-electron chi connectivity index (χ1n) is 9.88. The summed E-state index contributed by atoms with van der Waals surface area (Å²) in [6, 6.07) is -0.519. The van der Waals surface area contributed by atoms with Crippen LogP contribution in [0.5, 0.6) is 0 Å². The summed E-state index contributed by atoms with van der Waals surface area (Å²) in [6.45, 7) is 13.1. The van der Waals surface area contributed by atoms with Crippen molar-refractivity contribution < 1.29 is 14.4 Å². The third kappa shape index (κ3) is 6.40. The highest BCUT2D eigenvalue weighted by Crippen LogP contribution is 2.47. The highest BCUT2D eigenvalue weighted by atomic mass is 16.2. The molecule has 0 bridgehead atoms. The SMILES string of the molecule is CC(C)(C)CC(=O)C1(C(=O)C[C@@H](CCCNC(N)=O)C(C)(C)C)CCC1. The fourth-order valence-corrected chi connectivity index (χ4v) is 3.71. The molecule has 1 aliphatic rings. The molecule has 1 saturated carbocycles. The van der Waals surface area contributed by atoms with Crippen LogP contribution in [-0.4, -0.2) is 24.1 Å². The second-order valence-electron chi connectivity index (χ2n) is 10.2. The molecule has 1 fully saturated rings. The molecule has 2 amide bonds. The van der Waals surface area contributed by atoms with Crippen LogP contribution in [0, 0.1) is 22.2 Å². The van der Waals surface area contributed by atoms with Crippen molar-refractivity contribution >= 4 is 17.6 Å². The van der Waals surface area contributed by atoms with Gasteiger partial charge in [-0.15, -0.1) is 0 Å². The number of carbonyl (C=O) groups excluding carboxylic acids is 3. The van der Waals surface area contributed by atoms with Gasteiger partial charge in [0.1, 0.15) is 11.6 Å². The van der Waals surface area contributed by atoms with E-state index in [0.717, 1.165) is 19.3 Å². The summed E-state index contributed by atoms with van der Waals surface area (Å²) in [4.78, 5) is 36.9. The average Bonchev–Trinajstić information content (AvgIpc) is 2.37. The Labute approximate surface area is 158 Å². The number of carbonyl (C=O) groups is 3. The number of hydrogen-bond acceptors (Lipinski definition) is 3. The van der Waals surface area contributed by atoms with Crippen molar-refractivity contribution in [2.45, 2.75) is 86.5 Å². The van der Waals surface area contributed by atoms with Crippen LogP contribution < -0.4 is 11.1 Å². The molecular formula is C21H38N2O3. The van der Waals surface area contributed by atoms with Crippen LogP contribution in [0.25, 0.3) is 0 Å². The van der Waals surface area contributed by atoms with Crippen molar-refractivity contribution in [3.63, 3.8) is 0 Å². The molecule has 3 N–H and O–H groups in total. The second-order valence-corrected chi connectivity index (χ2v) is 10.2. The Morgan fingerprint density at radius 1 is 1.04 bits per heavy atom. The highest BCUT2D eigenvalue weighted by Gasteiger charge is 2.50. The van der Waals surface area contributed by atoms with Gasteiger partial charge >= 0.3 is 6.03 Å². The standard InChI is InChI=1S/C21H38N2O3/c1-19(2,3)14-17(25)21(10-8-11-21)16(24)13-15(20(4,5)6)9-7-12-23-18(22)26/h15H,7-14H2,1-6H3,(H3,22,23,26)/t15-/m1/s1. The second kappa shape index (κ2) is 8.53. The molecule has 0 unspecified atom stereocenters. The first kappa shape index (κ1) is 22.7. The smallest absolute Gasteiger partial charge is 0.312 e. The molecular weight excluding hydrogens is 328 g/mol. The van der Waals surface area contributed by atoms with E-state index in [9.17, 15) is 14.4 Å². The number of amides is 2. The van der Waals surface area contributed by atoms with E-state index < -0.39 is 11.4 Å². The fraction of sp³-hybridized carbons (Fsp3) is 0.857. The number of urea groups is 1. The van der Waals surface area contributed by atoms with Crippen molar-refractivity contribution in [3.05, 3.63) is 0 Å². The van der Waals surface area contributed by atoms with E-state index in [1.165, 1.54) is 0 Å². The Bertz CT molecular complexity index is 522. The minimum atomic E-state index is -0.734. The van der Waals surface area contributed by atoms with Gasteiger partial charge in [0, 0.05) is 19.4 Å². The van der Waals surface area contributed by atoms with E-state index in [2.05, 4.69) is 26.1 Å². The maximum atomic E-state index is 13.2. The molecule has 0 saturated heterocycles. The van der Waals surface area contributed by atoms with E-state index in [1.54, 1.807) is 0 Å². The lowest BCUT2D eigenvalue weighted by Gasteiger charge is -2.42. The number of ketones is 2. The van der Waals surface area contributed by atoms with Crippen LogP contribution >= 0.6 is 0 Å². The molecule has 0 heterocycles. The van der Waals surface area contributed by atoms with Crippen molar-refractivity contribution in [2.24, 2.45) is 27.9 Å². The van der Waals surface area contributed by atoms with E-state index in [1.807, 2.05) is 20.8 Å². The van der Waals surface area contributed by atoms with Gasteiger partial charge in [-0.05, 0) is 42.4 Å². The summed E-state index contributed by atoms with van der Waals surface area (Å²) in [5, 5.41) is 2.60. The summed E-state index contributed by atoms with van der Waals surface area (Å²) in [5.74, 6) is 0.440. The fourth-order valence-electron chi connectivity index (χ4n) is 3.71. The van der Waals surface area contributed by atoms with Gasteiger partial charge in [0.15, 0.2) is 0 Å². The molecule has 0 aromatic carbocycles. The number of nitrogens with two attached hydrogens (primary N) is 1. The summed E-state index contributed by atoms with van der Waals surface area (Å²) in [5.41, 5.74) is 4.25. The zero-order valence-electron chi connectivity index (χ0n) is 17.5. The van der Waals surface area contributed by atoms with Gasteiger partial charge in [-0.3, -0.25) is 9.59 Å². The maximum absolute atomic E-state index is 13.2. The molecule has 26 heavy (non-hydrogen) atoms. The predicted molar refractivity (Wildman–Crippen MR) is 105 cm³/mol. The zero-order valence-corrected chi connectivity index (χ0v) is 17.5. The summed E-state index contributed by atoms with van der Waals surface area (Å²) in [7, 11) is 0. The minimum absolute atomic E-state index is 0.0274. The first-order chi connectivity index (χ1) is 11.8. The van der Waals surface area contributed by atoms with Crippen LogP contribution in [0.3, 0.4) is 0 Å². The van der Waals surface area contributed by atoms with Gasteiger partial charge < -0.3 is 11.1 Å². The van der Waals surface area contributed by atoms with Crippen LogP contribution in [0.2, 0.25) is 0 Å². The molecule has 0 aromatic heterocycles. The Balaban J connectivity index is 2.77. The van der Waals surface area contributed by atoms with Crippen LogP contribution in [0.15, 0.2) is 0 Å². The van der Waals surface area contributed by atoms with E-state index in [-0.39, 0.29) is 28.3 Å².